The number of urea groups is 1. The number of imide groups is 1. The number of primary amides is 1. The maximum Gasteiger partial charge on any atom is 0.318 e. The lowest BCUT2D eigenvalue weighted by Gasteiger charge is -2.20. The minimum Gasteiger partial charge on any atom is -0.486 e. The number of carbonyl (C=O) groups is 2. The Hall–Kier alpha value is -2.44. The van der Waals surface area contributed by atoms with Crippen LogP contribution in [0.2, 0.25) is 0 Å². The third-order valence-electron chi connectivity index (χ3n) is 2.57. The first-order valence-electron chi connectivity index (χ1n) is 5.83. The molecule has 1 aliphatic heterocycles. The van der Waals surface area contributed by atoms with E-state index in [9.17, 15) is 9.59 Å². The van der Waals surface area contributed by atoms with Gasteiger partial charge in [0.25, 0.3) is 0 Å². The van der Waals surface area contributed by atoms with Gasteiger partial charge in [-0.05, 0) is 19.1 Å². The molecule has 102 valence electrons. The van der Waals surface area contributed by atoms with Gasteiger partial charge in [-0.2, -0.15) is 0 Å². The monoisotopic (exact) mass is 265 g/mol. The maximum absolute atomic E-state index is 11.5. The highest BCUT2D eigenvalue weighted by Crippen LogP contribution is 2.32. The zero-order valence-corrected chi connectivity index (χ0v) is 10.4. The molecule has 0 aromatic heterocycles. The quantitative estimate of drug-likeness (QED) is 0.736. The van der Waals surface area contributed by atoms with Gasteiger partial charge < -0.3 is 20.5 Å². The number of nitrogens with two attached hydrogens (primary N) is 1. The summed E-state index contributed by atoms with van der Waals surface area (Å²) in [5, 5.41) is 4.95. The van der Waals surface area contributed by atoms with Crippen molar-refractivity contribution in [3.05, 3.63) is 18.2 Å². The predicted molar refractivity (Wildman–Crippen MR) is 68.2 cm³/mol. The molecular weight excluding hydrogens is 250 g/mol. The van der Waals surface area contributed by atoms with Crippen LogP contribution in [0, 0.1) is 0 Å². The molecule has 7 nitrogen and oxygen atoms in total. The number of benzene rings is 1. The van der Waals surface area contributed by atoms with Gasteiger partial charge in [-0.25, -0.2) is 4.79 Å². The van der Waals surface area contributed by atoms with Crippen molar-refractivity contribution in [3.8, 4) is 11.5 Å². The van der Waals surface area contributed by atoms with Gasteiger partial charge in [0.1, 0.15) is 19.3 Å². The molecular formula is C12H15N3O4. The fraction of sp³-hybridized carbons (Fsp3) is 0.333. The predicted octanol–water partition coefficient (Wildman–Crippen LogP) is 0.453. The molecule has 0 unspecified atom stereocenters. The lowest BCUT2D eigenvalue weighted by atomic mass is 10.2. The molecule has 1 atom stereocenters. The van der Waals surface area contributed by atoms with Crippen LogP contribution in [0.4, 0.5) is 10.5 Å². The van der Waals surface area contributed by atoms with E-state index in [1.807, 2.05) is 5.32 Å². The van der Waals surface area contributed by atoms with Crippen molar-refractivity contribution in [1.29, 1.82) is 0 Å². The molecule has 2 rings (SSSR count). The highest BCUT2D eigenvalue weighted by atomic mass is 16.6. The van der Waals surface area contributed by atoms with E-state index >= 15 is 0 Å². The Bertz CT molecular complexity index is 504. The molecule has 0 radical (unpaired) electrons. The number of hydrogen-bond donors (Lipinski definition) is 3. The summed E-state index contributed by atoms with van der Waals surface area (Å²) in [5.74, 6) is 0.798. The number of rotatable bonds is 3. The van der Waals surface area contributed by atoms with E-state index in [0.29, 0.717) is 30.4 Å². The Kier molecular flexibility index (Phi) is 3.74. The van der Waals surface area contributed by atoms with Gasteiger partial charge >= 0.3 is 6.03 Å². The maximum atomic E-state index is 11.5. The Morgan fingerprint density at radius 2 is 1.95 bits per heavy atom. The fourth-order valence-electron chi connectivity index (χ4n) is 1.68. The van der Waals surface area contributed by atoms with Crippen molar-refractivity contribution >= 4 is 17.6 Å². The largest absolute Gasteiger partial charge is 0.486 e. The van der Waals surface area contributed by atoms with Crippen molar-refractivity contribution < 1.29 is 19.1 Å². The molecule has 0 spiro atoms. The van der Waals surface area contributed by atoms with Crippen LogP contribution in [-0.2, 0) is 4.79 Å². The molecule has 4 N–H and O–H groups in total. The summed E-state index contributed by atoms with van der Waals surface area (Å²) in [6.45, 7) is 2.64. The molecule has 0 aliphatic carbocycles. The molecule has 3 amide bonds. The van der Waals surface area contributed by atoms with Gasteiger partial charge in [0.15, 0.2) is 11.5 Å². The molecule has 0 fully saturated rings. The normalized spacial score (nSPS) is 14.4. The Morgan fingerprint density at radius 3 is 2.63 bits per heavy atom. The van der Waals surface area contributed by atoms with Gasteiger partial charge in [-0.3, -0.25) is 10.1 Å². The number of ether oxygens (including phenoxy) is 2. The van der Waals surface area contributed by atoms with E-state index in [1.54, 1.807) is 25.1 Å². The third kappa shape index (κ3) is 3.27. The van der Waals surface area contributed by atoms with Crippen LogP contribution in [0.15, 0.2) is 18.2 Å². The minimum atomic E-state index is -0.874. The average Bonchev–Trinajstić information content (AvgIpc) is 2.37. The highest BCUT2D eigenvalue weighted by molar-refractivity contribution is 5.97. The molecule has 7 heteroatoms. The summed E-state index contributed by atoms with van der Waals surface area (Å²) in [6, 6.07) is 3.79. The van der Waals surface area contributed by atoms with Crippen LogP contribution in [0.5, 0.6) is 11.5 Å². The summed E-state index contributed by atoms with van der Waals surface area (Å²) < 4.78 is 10.8. The molecule has 1 aromatic rings. The average molecular weight is 265 g/mol. The summed E-state index contributed by atoms with van der Waals surface area (Å²) >= 11 is 0. The molecule has 0 bridgehead atoms. The fourth-order valence-corrected chi connectivity index (χ4v) is 1.68. The Labute approximate surface area is 110 Å². The number of hydrogen-bond acceptors (Lipinski definition) is 5. The van der Waals surface area contributed by atoms with Crippen LogP contribution < -0.4 is 25.8 Å². The van der Waals surface area contributed by atoms with Gasteiger partial charge in [-0.15, -0.1) is 0 Å². The molecule has 0 saturated carbocycles. The molecule has 1 heterocycles. The lowest BCUT2D eigenvalue weighted by Crippen LogP contribution is -2.43. The summed E-state index contributed by atoms with van der Waals surface area (Å²) in [7, 11) is 0. The van der Waals surface area contributed by atoms with E-state index in [0.717, 1.165) is 0 Å². The van der Waals surface area contributed by atoms with Crippen LogP contribution in [0.25, 0.3) is 0 Å². The van der Waals surface area contributed by atoms with Crippen molar-refractivity contribution in [3.63, 3.8) is 0 Å². The van der Waals surface area contributed by atoms with Gasteiger partial charge in [-0.1, -0.05) is 0 Å². The Morgan fingerprint density at radius 1 is 1.26 bits per heavy atom. The number of anilines is 1. The van der Waals surface area contributed by atoms with Gasteiger partial charge in [0.05, 0.1) is 0 Å². The van der Waals surface area contributed by atoms with Crippen molar-refractivity contribution in [2.24, 2.45) is 5.73 Å². The number of fused-ring (bicyclic) bond motifs is 1. The topological polar surface area (TPSA) is 103 Å². The van der Waals surface area contributed by atoms with Crippen LogP contribution >= 0.6 is 0 Å². The first kappa shape index (κ1) is 13.0. The van der Waals surface area contributed by atoms with E-state index in [4.69, 9.17) is 15.2 Å². The summed E-state index contributed by atoms with van der Waals surface area (Å²) in [5.41, 5.74) is 5.57. The van der Waals surface area contributed by atoms with Crippen molar-refractivity contribution in [2.45, 2.75) is 13.0 Å². The van der Waals surface area contributed by atoms with Crippen molar-refractivity contribution in [1.82, 2.24) is 5.32 Å². The van der Waals surface area contributed by atoms with Gasteiger partial charge in [0, 0.05) is 11.8 Å². The number of nitrogens with one attached hydrogen (secondary N) is 2. The Balaban J connectivity index is 2.02. The summed E-state index contributed by atoms with van der Waals surface area (Å²) in [4.78, 5) is 22.1. The second kappa shape index (κ2) is 5.47. The van der Waals surface area contributed by atoms with Crippen LogP contribution in [0.3, 0.4) is 0 Å². The second-order valence-electron chi connectivity index (χ2n) is 4.08. The van der Waals surface area contributed by atoms with E-state index in [-0.39, 0.29) is 0 Å². The van der Waals surface area contributed by atoms with E-state index < -0.39 is 18.0 Å². The zero-order chi connectivity index (χ0) is 13.8. The minimum absolute atomic E-state index is 0.494. The molecule has 19 heavy (non-hydrogen) atoms. The number of amides is 3. The first-order valence-corrected chi connectivity index (χ1v) is 5.83. The molecule has 1 aromatic carbocycles. The summed E-state index contributed by atoms with van der Waals surface area (Å²) in [6.07, 6.45) is 0. The van der Waals surface area contributed by atoms with E-state index in [1.165, 1.54) is 0 Å². The standard InChI is InChI=1S/C12H15N3O4/c1-7(11(16)15-12(13)17)14-8-2-3-9-10(6-8)19-5-4-18-9/h2-3,6-7,14H,4-5H2,1H3,(H3,13,15,16,17)/t7-/m1/s1. The van der Waals surface area contributed by atoms with Crippen LogP contribution in [0.1, 0.15) is 6.92 Å². The SMILES string of the molecule is C[C@@H](Nc1ccc2c(c1)OCCO2)C(=O)NC(N)=O. The number of carbonyl (C=O) groups excluding carboxylic acids is 2. The van der Waals surface area contributed by atoms with E-state index in [2.05, 4.69) is 5.32 Å². The van der Waals surface area contributed by atoms with Crippen molar-refractivity contribution in [2.75, 3.05) is 18.5 Å². The van der Waals surface area contributed by atoms with Crippen LogP contribution in [-0.4, -0.2) is 31.2 Å². The molecule has 1 aliphatic rings. The molecule has 0 saturated heterocycles. The zero-order valence-electron chi connectivity index (χ0n) is 10.4. The second-order valence-corrected chi connectivity index (χ2v) is 4.08. The lowest BCUT2D eigenvalue weighted by molar-refractivity contribution is -0.120. The first-order chi connectivity index (χ1) is 9.06. The van der Waals surface area contributed by atoms with Gasteiger partial charge in [0.2, 0.25) is 5.91 Å². The smallest absolute Gasteiger partial charge is 0.318 e. The highest BCUT2D eigenvalue weighted by Gasteiger charge is 2.16. The third-order valence-corrected chi connectivity index (χ3v) is 2.57.